The smallest absolute Gasteiger partial charge is 0.233 e. The third-order valence-corrected chi connectivity index (χ3v) is 3.68. The van der Waals surface area contributed by atoms with Crippen LogP contribution >= 0.6 is 11.6 Å². The molecule has 0 radical (unpaired) electrons. The molecule has 0 saturated carbocycles. The summed E-state index contributed by atoms with van der Waals surface area (Å²) in [5.74, 6) is -0.117. The molecule has 0 aromatic heterocycles. The van der Waals surface area contributed by atoms with Crippen molar-refractivity contribution in [3.8, 4) is 0 Å². The van der Waals surface area contributed by atoms with Gasteiger partial charge in [-0.15, -0.1) is 0 Å². The third kappa shape index (κ3) is 5.18. The number of aliphatic hydroxyl groups excluding tert-OH is 1. The number of sulfonamides is 1. The second-order valence-corrected chi connectivity index (χ2v) is 6.06. The molecule has 0 heterocycles. The first-order valence-electron chi connectivity index (χ1n) is 5.48. The van der Waals surface area contributed by atoms with E-state index in [4.69, 9.17) is 16.7 Å². The highest BCUT2D eigenvalue weighted by Crippen LogP contribution is 2.16. The predicted octanol–water partition coefficient (Wildman–Crippen LogP) is 1.86. The van der Waals surface area contributed by atoms with Crippen LogP contribution in [0.1, 0.15) is 12.5 Å². The molecular weight excluding hydrogens is 274 g/mol. The van der Waals surface area contributed by atoms with Gasteiger partial charge < -0.3 is 5.11 Å². The van der Waals surface area contributed by atoms with E-state index in [1.807, 2.05) is 0 Å². The number of aliphatic hydroxyl groups is 1. The molecule has 0 aliphatic rings. The number of benzene rings is 1. The fraction of sp³-hybridized carbons (Fsp3) is 0.333. The summed E-state index contributed by atoms with van der Waals surface area (Å²) >= 11 is 5.90. The van der Waals surface area contributed by atoms with E-state index in [0.717, 1.165) is 5.41 Å². The minimum Gasteiger partial charge on any atom is -0.396 e. The first-order chi connectivity index (χ1) is 8.44. The summed E-state index contributed by atoms with van der Waals surface area (Å²) in [4.78, 5) is 0. The summed E-state index contributed by atoms with van der Waals surface area (Å²) in [6, 6.07) is 6.97. The number of hydrogen-bond acceptors (Lipinski definition) is 3. The lowest BCUT2D eigenvalue weighted by Crippen LogP contribution is -2.27. The molecule has 1 aromatic carbocycles. The van der Waals surface area contributed by atoms with Crippen LogP contribution in [-0.2, 0) is 10.0 Å². The number of rotatable bonds is 6. The molecule has 0 saturated heterocycles. The molecule has 100 valence electrons. The summed E-state index contributed by atoms with van der Waals surface area (Å²) in [6.45, 7) is 1.89. The molecule has 1 atom stereocenters. The molecule has 18 heavy (non-hydrogen) atoms. The van der Waals surface area contributed by atoms with Crippen molar-refractivity contribution in [2.24, 2.45) is 5.92 Å². The first kappa shape index (κ1) is 15.2. The Kier molecular flexibility index (Phi) is 5.81. The molecule has 0 aliphatic heterocycles. The third-order valence-electron chi connectivity index (χ3n) is 2.28. The van der Waals surface area contributed by atoms with Gasteiger partial charge in [0.25, 0.3) is 0 Å². The lowest BCUT2D eigenvalue weighted by molar-refractivity contribution is 0.239. The lowest BCUT2D eigenvalue weighted by atomic mass is 10.2. The van der Waals surface area contributed by atoms with Crippen molar-refractivity contribution in [1.82, 2.24) is 4.72 Å². The minimum atomic E-state index is -3.50. The highest BCUT2D eigenvalue weighted by Gasteiger charge is 2.07. The summed E-state index contributed by atoms with van der Waals surface area (Å²) in [6.07, 6.45) is 1.44. The first-order valence-corrected chi connectivity index (χ1v) is 7.40. The normalized spacial score (nSPS) is 13.9. The number of halogens is 1. The van der Waals surface area contributed by atoms with Crippen molar-refractivity contribution >= 4 is 27.7 Å². The van der Waals surface area contributed by atoms with Crippen molar-refractivity contribution in [2.75, 3.05) is 13.2 Å². The van der Waals surface area contributed by atoms with Crippen LogP contribution in [0.5, 0.6) is 0 Å². The summed E-state index contributed by atoms with van der Waals surface area (Å²) in [5, 5.41) is 10.4. The lowest BCUT2D eigenvalue weighted by Gasteiger charge is -2.07. The topological polar surface area (TPSA) is 66.4 Å². The predicted molar refractivity (Wildman–Crippen MR) is 73.7 cm³/mol. The maximum atomic E-state index is 11.6. The maximum Gasteiger partial charge on any atom is 0.233 e. The molecule has 1 unspecified atom stereocenters. The van der Waals surface area contributed by atoms with E-state index >= 15 is 0 Å². The molecule has 4 nitrogen and oxygen atoms in total. The van der Waals surface area contributed by atoms with Gasteiger partial charge in [0.15, 0.2) is 0 Å². The highest BCUT2D eigenvalue weighted by atomic mass is 35.5. The zero-order valence-electron chi connectivity index (χ0n) is 10.0. The van der Waals surface area contributed by atoms with Gasteiger partial charge in [0, 0.05) is 23.6 Å². The second kappa shape index (κ2) is 6.89. The van der Waals surface area contributed by atoms with Crippen LogP contribution in [-0.4, -0.2) is 26.7 Å². The molecule has 1 aromatic rings. The van der Waals surface area contributed by atoms with Crippen molar-refractivity contribution in [2.45, 2.75) is 6.92 Å². The minimum absolute atomic E-state index is 0.0588. The van der Waals surface area contributed by atoms with E-state index in [0.29, 0.717) is 10.6 Å². The van der Waals surface area contributed by atoms with Gasteiger partial charge in [-0.2, -0.15) is 0 Å². The van der Waals surface area contributed by atoms with E-state index in [-0.39, 0.29) is 19.1 Å². The van der Waals surface area contributed by atoms with Crippen molar-refractivity contribution in [3.63, 3.8) is 0 Å². The van der Waals surface area contributed by atoms with E-state index < -0.39 is 10.0 Å². The van der Waals surface area contributed by atoms with Crippen LogP contribution < -0.4 is 4.72 Å². The van der Waals surface area contributed by atoms with Crippen molar-refractivity contribution in [3.05, 3.63) is 40.3 Å². The van der Waals surface area contributed by atoms with Crippen LogP contribution in [0.3, 0.4) is 0 Å². The van der Waals surface area contributed by atoms with Gasteiger partial charge >= 0.3 is 0 Å². The fourth-order valence-electron chi connectivity index (χ4n) is 1.14. The van der Waals surface area contributed by atoms with E-state index in [1.165, 1.54) is 6.08 Å². The Morgan fingerprint density at radius 2 is 2.11 bits per heavy atom. The van der Waals surface area contributed by atoms with Gasteiger partial charge in [-0.1, -0.05) is 36.7 Å². The molecule has 6 heteroatoms. The standard InChI is InChI=1S/C12H16ClNO3S/c1-10(9-15)8-14-18(16,17)7-6-11-4-2-3-5-12(11)13/h2-7,10,14-15H,8-9H2,1H3/b7-6+. The Balaban J connectivity index is 2.69. The van der Waals surface area contributed by atoms with Crippen LogP contribution in [0, 0.1) is 5.92 Å². The Morgan fingerprint density at radius 3 is 2.72 bits per heavy atom. The van der Waals surface area contributed by atoms with E-state index in [9.17, 15) is 8.42 Å². The average molecular weight is 290 g/mol. The molecule has 1 rings (SSSR count). The van der Waals surface area contributed by atoms with Crippen molar-refractivity contribution in [1.29, 1.82) is 0 Å². The van der Waals surface area contributed by atoms with Crippen LogP contribution in [0.2, 0.25) is 5.02 Å². The van der Waals surface area contributed by atoms with Crippen molar-refractivity contribution < 1.29 is 13.5 Å². The monoisotopic (exact) mass is 289 g/mol. The largest absolute Gasteiger partial charge is 0.396 e. The van der Waals surface area contributed by atoms with Gasteiger partial charge in [-0.05, 0) is 23.6 Å². The Morgan fingerprint density at radius 1 is 1.44 bits per heavy atom. The molecular formula is C12H16ClNO3S. The maximum absolute atomic E-state index is 11.6. The highest BCUT2D eigenvalue weighted by molar-refractivity contribution is 7.92. The van der Waals surface area contributed by atoms with Gasteiger partial charge in [0.05, 0.1) is 0 Å². The molecule has 0 aliphatic carbocycles. The molecule has 2 N–H and O–H groups in total. The van der Waals surface area contributed by atoms with Gasteiger partial charge in [0.2, 0.25) is 10.0 Å². The summed E-state index contributed by atoms with van der Waals surface area (Å²) < 4.78 is 25.6. The fourth-order valence-corrected chi connectivity index (χ4v) is 2.28. The Labute approximate surface area is 112 Å². The van der Waals surface area contributed by atoms with Crippen LogP contribution in [0.15, 0.2) is 29.7 Å². The van der Waals surface area contributed by atoms with Gasteiger partial charge in [-0.3, -0.25) is 0 Å². The second-order valence-electron chi connectivity index (χ2n) is 4.01. The molecule has 0 fully saturated rings. The zero-order chi connectivity index (χ0) is 13.6. The van der Waals surface area contributed by atoms with Crippen LogP contribution in [0.4, 0.5) is 0 Å². The average Bonchev–Trinajstić information content (AvgIpc) is 2.35. The SMILES string of the molecule is CC(CO)CNS(=O)(=O)/C=C/c1ccccc1Cl. The van der Waals surface area contributed by atoms with Gasteiger partial charge in [0.1, 0.15) is 0 Å². The number of nitrogens with one attached hydrogen (secondary N) is 1. The van der Waals surface area contributed by atoms with Gasteiger partial charge in [-0.25, -0.2) is 13.1 Å². The van der Waals surface area contributed by atoms with E-state index in [2.05, 4.69) is 4.72 Å². The Bertz CT molecular complexity index is 514. The molecule has 0 amide bonds. The molecule has 0 bridgehead atoms. The summed E-state index contributed by atoms with van der Waals surface area (Å²) in [5.41, 5.74) is 0.639. The quantitative estimate of drug-likeness (QED) is 0.840. The zero-order valence-corrected chi connectivity index (χ0v) is 11.6. The Hall–Kier alpha value is -0.880. The van der Waals surface area contributed by atoms with Crippen LogP contribution in [0.25, 0.3) is 6.08 Å². The van der Waals surface area contributed by atoms with E-state index in [1.54, 1.807) is 31.2 Å². The summed E-state index contributed by atoms with van der Waals surface area (Å²) in [7, 11) is -3.50. The number of hydrogen-bond donors (Lipinski definition) is 2. The molecule has 0 spiro atoms.